The molecule has 0 aliphatic heterocycles. The van der Waals surface area contributed by atoms with Gasteiger partial charge in [-0.15, -0.1) is 0 Å². The SMILES string of the molecule is CC(CC(=O)C(Cc1ccccc1)C(=O)OC(C)(C)C)C(=O)ON. The topological polar surface area (TPSA) is 95.7 Å². The van der Waals surface area contributed by atoms with E-state index >= 15 is 0 Å². The average molecular weight is 335 g/mol. The molecule has 2 N–H and O–H groups in total. The first-order valence-corrected chi connectivity index (χ1v) is 7.84. The smallest absolute Gasteiger partial charge is 0.327 e. The van der Waals surface area contributed by atoms with Gasteiger partial charge in [-0.25, -0.2) is 0 Å². The summed E-state index contributed by atoms with van der Waals surface area (Å²) in [5.41, 5.74) is 0.143. The van der Waals surface area contributed by atoms with Crippen molar-refractivity contribution in [2.75, 3.05) is 0 Å². The molecule has 0 aliphatic rings. The molecule has 2 atom stereocenters. The number of rotatable bonds is 7. The molecule has 24 heavy (non-hydrogen) atoms. The highest BCUT2D eigenvalue weighted by molar-refractivity contribution is 6.00. The lowest BCUT2D eigenvalue weighted by Gasteiger charge is -2.24. The summed E-state index contributed by atoms with van der Waals surface area (Å²) in [6, 6.07) is 9.19. The van der Waals surface area contributed by atoms with Crippen LogP contribution in [-0.4, -0.2) is 23.3 Å². The molecule has 0 amide bonds. The zero-order valence-electron chi connectivity index (χ0n) is 14.6. The van der Waals surface area contributed by atoms with Gasteiger partial charge < -0.3 is 9.57 Å². The Kier molecular flexibility index (Phi) is 7.10. The second-order valence-corrected chi connectivity index (χ2v) is 6.78. The molecule has 1 aromatic carbocycles. The van der Waals surface area contributed by atoms with Crippen LogP contribution in [0.2, 0.25) is 0 Å². The fraction of sp³-hybridized carbons (Fsp3) is 0.500. The number of carbonyl (C=O) groups is 3. The maximum absolute atomic E-state index is 12.6. The monoisotopic (exact) mass is 335 g/mol. The third kappa shape index (κ3) is 6.50. The highest BCUT2D eigenvalue weighted by atomic mass is 16.7. The molecule has 0 fully saturated rings. The molecule has 2 unspecified atom stereocenters. The summed E-state index contributed by atoms with van der Waals surface area (Å²) in [6.45, 7) is 6.75. The first-order chi connectivity index (χ1) is 11.1. The minimum absolute atomic E-state index is 0.132. The summed E-state index contributed by atoms with van der Waals surface area (Å²) in [6.07, 6.45) is 0.0890. The summed E-state index contributed by atoms with van der Waals surface area (Å²) >= 11 is 0. The second-order valence-electron chi connectivity index (χ2n) is 6.78. The van der Waals surface area contributed by atoms with Crippen molar-refractivity contribution in [1.29, 1.82) is 0 Å². The molecule has 0 saturated carbocycles. The standard InChI is InChI=1S/C18H25NO5/c1-12(16(21)24-19)10-15(20)14(17(22)23-18(2,3)4)11-13-8-6-5-7-9-13/h5-9,12,14H,10-11,19H2,1-4H3. The number of esters is 1. The van der Waals surface area contributed by atoms with Crippen molar-refractivity contribution in [3.8, 4) is 0 Å². The van der Waals surface area contributed by atoms with E-state index in [0.717, 1.165) is 5.56 Å². The molecule has 0 radical (unpaired) electrons. The van der Waals surface area contributed by atoms with Crippen molar-refractivity contribution in [1.82, 2.24) is 0 Å². The van der Waals surface area contributed by atoms with Crippen LogP contribution in [0.1, 0.15) is 39.7 Å². The Hall–Kier alpha value is -2.21. The Balaban J connectivity index is 2.93. The third-order valence-electron chi connectivity index (χ3n) is 3.39. The molecule has 0 bridgehead atoms. The van der Waals surface area contributed by atoms with Crippen molar-refractivity contribution >= 4 is 17.7 Å². The number of hydrogen-bond acceptors (Lipinski definition) is 6. The normalized spacial score (nSPS) is 13.7. The van der Waals surface area contributed by atoms with Crippen LogP contribution < -0.4 is 5.90 Å². The summed E-state index contributed by atoms with van der Waals surface area (Å²) in [7, 11) is 0. The van der Waals surface area contributed by atoms with Gasteiger partial charge in [0.05, 0.1) is 5.92 Å². The molecule has 0 saturated heterocycles. The minimum atomic E-state index is -0.973. The quantitative estimate of drug-likeness (QED) is 0.466. The molecular formula is C18H25NO5. The molecule has 6 heteroatoms. The Bertz CT molecular complexity index is 577. The summed E-state index contributed by atoms with van der Waals surface area (Å²) in [4.78, 5) is 40.6. The average Bonchev–Trinajstić information content (AvgIpc) is 2.50. The van der Waals surface area contributed by atoms with Gasteiger partial charge in [-0.3, -0.25) is 14.4 Å². The fourth-order valence-corrected chi connectivity index (χ4v) is 2.19. The lowest BCUT2D eigenvalue weighted by molar-refractivity contribution is -0.163. The van der Waals surface area contributed by atoms with Crippen molar-refractivity contribution in [3.63, 3.8) is 0 Å². The van der Waals surface area contributed by atoms with Crippen LogP contribution in [0, 0.1) is 11.8 Å². The fourth-order valence-electron chi connectivity index (χ4n) is 2.19. The molecule has 0 aromatic heterocycles. The Morgan fingerprint density at radius 2 is 1.67 bits per heavy atom. The molecule has 0 aliphatic carbocycles. The molecule has 6 nitrogen and oxygen atoms in total. The zero-order valence-corrected chi connectivity index (χ0v) is 14.6. The van der Waals surface area contributed by atoms with Gasteiger partial charge in [0.25, 0.3) is 0 Å². The maximum Gasteiger partial charge on any atom is 0.327 e. The van der Waals surface area contributed by atoms with Crippen LogP contribution in [-0.2, 0) is 30.4 Å². The third-order valence-corrected chi connectivity index (χ3v) is 3.39. The van der Waals surface area contributed by atoms with E-state index in [9.17, 15) is 14.4 Å². The van der Waals surface area contributed by atoms with Gasteiger partial charge in [-0.1, -0.05) is 37.3 Å². The second kappa shape index (κ2) is 8.59. The lowest BCUT2D eigenvalue weighted by Crippen LogP contribution is -2.35. The first-order valence-electron chi connectivity index (χ1n) is 7.84. The summed E-state index contributed by atoms with van der Waals surface area (Å²) in [5, 5.41) is 0. The Morgan fingerprint density at radius 1 is 1.08 bits per heavy atom. The van der Waals surface area contributed by atoms with Crippen molar-refractivity contribution in [2.45, 2.75) is 46.1 Å². The molecule has 1 rings (SSSR count). The van der Waals surface area contributed by atoms with Gasteiger partial charge in [-0.05, 0) is 32.8 Å². The van der Waals surface area contributed by atoms with Crippen LogP contribution in [0.25, 0.3) is 0 Å². The van der Waals surface area contributed by atoms with Gasteiger partial charge in [0.15, 0.2) is 0 Å². The van der Waals surface area contributed by atoms with E-state index in [2.05, 4.69) is 4.84 Å². The number of nitrogens with two attached hydrogens (primary N) is 1. The Morgan fingerprint density at radius 3 is 2.17 bits per heavy atom. The predicted octanol–water partition coefficient (Wildman–Crippen LogP) is 2.20. The molecule has 0 heterocycles. The predicted molar refractivity (Wildman–Crippen MR) is 88.5 cm³/mol. The minimum Gasteiger partial charge on any atom is -0.459 e. The van der Waals surface area contributed by atoms with E-state index in [1.165, 1.54) is 6.92 Å². The molecule has 132 valence electrons. The van der Waals surface area contributed by atoms with E-state index in [1.54, 1.807) is 20.8 Å². The van der Waals surface area contributed by atoms with E-state index in [0.29, 0.717) is 0 Å². The zero-order chi connectivity index (χ0) is 18.3. The van der Waals surface area contributed by atoms with Crippen molar-refractivity contribution < 1.29 is 24.0 Å². The van der Waals surface area contributed by atoms with E-state index < -0.39 is 29.4 Å². The number of hydrogen-bond donors (Lipinski definition) is 1. The van der Waals surface area contributed by atoms with Crippen LogP contribution in [0.4, 0.5) is 0 Å². The van der Waals surface area contributed by atoms with Crippen LogP contribution in [0.3, 0.4) is 0 Å². The summed E-state index contributed by atoms with van der Waals surface area (Å²) in [5.74, 6) is 1.50. The number of Topliss-reactive ketones (excluding diaryl/α,β-unsaturated/α-hetero) is 1. The highest BCUT2D eigenvalue weighted by Gasteiger charge is 2.33. The molecule has 0 spiro atoms. The maximum atomic E-state index is 12.6. The Labute approximate surface area is 142 Å². The van der Waals surface area contributed by atoms with Crippen LogP contribution >= 0.6 is 0 Å². The van der Waals surface area contributed by atoms with Gasteiger partial charge in [0.1, 0.15) is 17.3 Å². The number of carbonyl (C=O) groups excluding carboxylic acids is 3. The van der Waals surface area contributed by atoms with Crippen LogP contribution in [0.5, 0.6) is 0 Å². The van der Waals surface area contributed by atoms with Crippen molar-refractivity contribution in [2.24, 2.45) is 17.7 Å². The van der Waals surface area contributed by atoms with E-state index in [4.69, 9.17) is 10.6 Å². The number of ether oxygens (including phenoxy) is 1. The van der Waals surface area contributed by atoms with Gasteiger partial charge in [-0.2, -0.15) is 5.90 Å². The molecule has 1 aromatic rings. The van der Waals surface area contributed by atoms with Gasteiger partial charge in [0.2, 0.25) is 0 Å². The number of benzene rings is 1. The van der Waals surface area contributed by atoms with Gasteiger partial charge >= 0.3 is 11.9 Å². The number of ketones is 1. The molecular weight excluding hydrogens is 310 g/mol. The lowest BCUT2D eigenvalue weighted by atomic mass is 9.90. The largest absolute Gasteiger partial charge is 0.459 e. The van der Waals surface area contributed by atoms with E-state index in [-0.39, 0.29) is 18.6 Å². The summed E-state index contributed by atoms with van der Waals surface area (Å²) < 4.78 is 5.36. The van der Waals surface area contributed by atoms with Gasteiger partial charge in [0, 0.05) is 6.42 Å². The van der Waals surface area contributed by atoms with Crippen LogP contribution in [0.15, 0.2) is 30.3 Å². The first kappa shape index (κ1) is 19.8. The highest BCUT2D eigenvalue weighted by Crippen LogP contribution is 2.20. The van der Waals surface area contributed by atoms with E-state index in [1.807, 2.05) is 30.3 Å². The van der Waals surface area contributed by atoms with Crippen molar-refractivity contribution in [3.05, 3.63) is 35.9 Å².